The first-order valence-corrected chi connectivity index (χ1v) is 10.4. The number of carbonyl (C=O) groups excluding carboxylic acids is 1. The Hall–Kier alpha value is -4.27. The summed E-state index contributed by atoms with van der Waals surface area (Å²) in [5, 5.41) is 7.29. The summed E-state index contributed by atoms with van der Waals surface area (Å²) < 4.78 is 12.4. The Morgan fingerprint density at radius 2 is 1.88 bits per heavy atom. The van der Waals surface area contributed by atoms with E-state index in [0.29, 0.717) is 40.9 Å². The molecule has 0 aliphatic heterocycles. The summed E-state index contributed by atoms with van der Waals surface area (Å²) >= 11 is 0. The number of methoxy groups -OCH3 is 2. The number of nitrogens with one attached hydrogen (secondary N) is 1. The van der Waals surface area contributed by atoms with E-state index < -0.39 is 0 Å². The van der Waals surface area contributed by atoms with Crippen molar-refractivity contribution in [1.29, 1.82) is 0 Å². The van der Waals surface area contributed by atoms with Crippen LogP contribution in [-0.2, 0) is 6.42 Å². The molecule has 33 heavy (non-hydrogen) atoms. The van der Waals surface area contributed by atoms with Crippen LogP contribution in [0.15, 0.2) is 61.2 Å². The van der Waals surface area contributed by atoms with E-state index in [-0.39, 0.29) is 5.91 Å². The quantitative estimate of drug-likeness (QED) is 0.445. The van der Waals surface area contributed by atoms with Crippen molar-refractivity contribution >= 4 is 5.91 Å². The van der Waals surface area contributed by atoms with Crippen LogP contribution in [-0.4, -0.2) is 51.4 Å². The maximum Gasteiger partial charge on any atom is 0.254 e. The lowest BCUT2D eigenvalue weighted by molar-refractivity contribution is 0.0953. The van der Waals surface area contributed by atoms with Crippen LogP contribution in [0.5, 0.6) is 11.5 Å². The van der Waals surface area contributed by atoms with E-state index in [1.54, 1.807) is 43.6 Å². The lowest BCUT2D eigenvalue weighted by Gasteiger charge is -2.11. The highest BCUT2D eigenvalue weighted by Crippen LogP contribution is 2.32. The lowest BCUT2D eigenvalue weighted by Crippen LogP contribution is -2.26. The molecule has 1 aromatic carbocycles. The molecule has 3 aromatic heterocycles. The van der Waals surface area contributed by atoms with Crippen LogP contribution in [0.25, 0.3) is 17.2 Å². The van der Waals surface area contributed by atoms with Crippen LogP contribution < -0.4 is 14.8 Å². The van der Waals surface area contributed by atoms with Crippen LogP contribution in [0.2, 0.25) is 0 Å². The van der Waals surface area contributed by atoms with Crippen molar-refractivity contribution in [2.24, 2.45) is 0 Å². The molecule has 0 radical (unpaired) electrons. The van der Waals surface area contributed by atoms with E-state index in [2.05, 4.69) is 25.4 Å². The van der Waals surface area contributed by atoms with Gasteiger partial charge in [0, 0.05) is 30.7 Å². The Morgan fingerprint density at radius 1 is 1.06 bits per heavy atom. The van der Waals surface area contributed by atoms with Crippen LogP contribution in [0.1, 0.15) is 21.6 Å². The third kappa shape index (κ3) is 4.82. The van der Waals surface area contributed by atoms with E-state index in [1.807, 2.05) is 37.3 Å². The summed E-state index contributed by atoms with van der Waals surface area (Å²) in [7, 11) is 3.21. The highest BCUT2D eigenvalue weighted by atomic mass is 16.5. The fraction of sp³-hybridized carbons (Fsp3) is 0.208. The molecule has 3 heterocycles. The average molecular weight is 444 g/mol. The molecule has 9 heteroatoms. The standard InChI is InChI=1S/C24H24N6O3/c1-16-20(23(31)26-12-8-17-6-10-25-11-7-17)15-28-30(16)24-27-13-9-21(29-24)19-14-18(32-2)4-5-22(19)33-3/h4-7,9-11,13-15H,8,12H2,1-3H3,(H,26,31). The number of benzene rings is 1. The molecular weight excluding hydrogens is 420 g/mol. The zero-order chi connectivity index (χ0) is 23.2. The molecule has 168 valence electrons. The third-order valence-corrected chi connectivity index (χ3v) is 5.22. The summed E-state index contributed by atoms with van der Waals surface area (Å²) in [6, 6.07) is 11.1. The number of hydrogen-bond acceptors (Lipinski definition) is 7. The van der Waals surface area contributed by atoms with Gasteiger partial charge in [-0.3, -0.25) is 9.78 Å². The SMILES string of the molecule is COc1ccc(OC)c(-c2ccnc(-n3ncc(C(=O)NCCc4ccncc4)c3C)n2)c1. The smallest absolute Gasteiger partial charge is 0.254 e. The second-order valence-electron chi connectivity index (χ2n) is 7.22. The first kappa shape index (κ1) is 21.9. The number of amides is 1. The number of ether oxygens (including phenoxy) is 2. The Morgan fingerprint density at radius 3 is 2.64 bits per heavy atom. The molecule has 0 spiro atoms. The molecule has 0 atom stereocenters. The van der Waals surface area contributed by atoms with E-state index in [1.165, 1.54) is 6.20 Å². The first-order chi connectivity index (χ1) is 16.1. The van der Waals surface area contributed by atoms with Gasteiger partial charge >= 0.3 is 0 Å². The summed E-state index contributed by atoms with van der Waals surface area (Å²) in [6.07, 6.45) is 7.36. The average Bonchev–Trinajstić information content (AvgIpc) is 3.25. The first-order valence-electron chi connectivity index (χ1n) is 10.4. The minimum atomic E-state index is -0.196. The topological polar surface area (TPSA) is 104 Å². The molecular formula is C24H24N6O3. The highest BCUT2D eigenvalue weighted by molar-refractivity contribution is 5.95. The van der Waals surface area contributed by atoms with Gasteiger partial charge in [0.05, 0.1) is 37.4 Å². The fourth-order valence-corrected chi connectivity index (χ4v) is 3.41. The number of aromatic nitrogens is 5. The normalized spacial score (nSPS) is 10.6. The van der Waals surface area contributed by atoms with Crippen molar-refractivity contribution in [3.05, 3.63) is 78.0 Å². The number of hydrogen-bond donors (Lipinski definition) is 1. The molecule has 0 fully saturated rings. The molecule has 0 saturated heterocycles. The Balaban J connectivity index is 1.55. The van der Waals surface area contributed by atoms with Crippen LogP contribution in [0, 0.1) is 6.92 Å². The van der Waals surface area contributed by atoms with Gasteiger partial charge in [-0.25, -0.2) is 14.6 Å². The Labute approximate surface area is 191 Å². The van der Waals surface area contributed by atoms with Gasteiger partial charge in [0.25, 0.3) is 11.9 Å². The van der Waals surface area contributed by atoms with Gasteiger partial charge in [-0.05, 0) is 55.3 Å². The van der Waals surface area contributed by atoms with E-state index in [4.69, 9.17) is 9.47 Å². The van der Waals surface area contributed by atoms with Crippen molar-refractivity contribution < 1.29 is 14.3 Å². The largest absolute Gasteiger partial charge is 0.497 e. The van der Waals surface area contributed by atoms with E-state index in [9.17, 15) is 4.79 Å². The number of rotatable bonds is 8. The van der Waals surface area contributed by atoms with Gasteiger partial charge in [-0.2, -0.15) is 5.10 Å². The van der Waals surface area contributed by atoms with Gasteiger partial charge in [0.2, 0.25) is 0 Å². The molecule has 4 aromatic rings. The van der Waals surface area contributed by atoms with Gasteiger partial charge in [-0.1, -0.05) is 0 Å². The zero-order valence-electron chi connectivity index (χ0n) is 18.6. The fourth-order valence-electron chi connectivity index (χ4n) is 3.41. The summed E-state index contributed by atoms with van der Waals surface area (Å²) in [5.74, 6) is 1.50. The van der Waals surface area contributed by atoms with Gasteiger partial charge in [-0.15, -0.1) is 0 Å². The number of nitrogens with zero attached hydrogens (tertiary/aromatic N) is 5. The third-order valence-electron chi connectivity index (χ3n) is 5.22. The second kappa shape index (κ2) is 9.90. The molecule has 0 saturated carbocycles. The minimum absolute atomic E-state index is 0.196. The zero-order valence-corrected chi connectivity index (χ0v) is 18.6. The van der Waals surface area contributed by atoms with Crippen LogP contribution >= 0.6 is 0 Å². The van der Waals surface area contributed by atoms with Gasteiger partial charge < -0.3 is 14.8 Å². The molecule has 0 aliphatic rings. The van der Waals surface area contributed by atoms with E-state index >= 15 is 0 Å². The van der Waals surface area contributed by atoms with Crippen molar-refractivity contribution in [2.75, 3.05) is 20.8 Å². The predicted octanol–water partition coefficient (Wildman–Crippen LogP) is 3.02. The molecule has 0 unspecified atom stereocenters. The van der Waals surface area contributed by atoms with Crippen molar-refractivity contribution in [3.63, 3.8) is 0 Å². The van der Waals surface area contributed by atoms with E-state index in [0.717, 1.165) is 17.5 Å². The van der Waals surface area contributed by atoms with Crippen LogP contribution in [0.3, 0.4) is 0 Å². The monoisotopic (exact) mass is 444 g/mol. The molecule has 4 rings (SSSR count). The molecule has 9 nitrogen and oxygen atoms in total. The van der Waals surface area contributed by atoms with Crippen molar-refractivity contribution in [2.45, 2.75) is 13.3 Å². The Kier molecular flexibility index (Phi) is 6.58. The van der Waals surface area contributed by atoms with Crippen molar-refractivity contribution in [3.8, 4) is 28.7 Å². The van der Waals surface area contributed by atoms with Crippen LogP contribution in [0.4, 0.5) is 0 Å². The molecule has 0 aliphatic carbocycles. The lowest BCUT2D eigenvalue weighted by atomic mass is 10.1. The summed E-state index contributed by atoms with van der Waals surface area (Å²) in [5.41, 5.74) is 3.63. The summed E-state index contributed by atoms with van der Waals surface area (Å²) in [6.45, 7) is 2.32. The minimum Gasteiger partial charge on any atom is -0.497 e. The molecule has 1 N–H and O–H groups in total. The highest BCUT2D eigenvalue weighted by Gasteiger charge is 2.17. The number of carbonyl (C=O) groups is 1. The van der Waals surface area contributed by atoms with Gasteiger partial charge in [0.1, 0.15) is 11.5 Å². The summed E-state index contributed by atoms with van der Waals surface area (Å²) in [4.78, 5) is 25.7. The maximum atomic E-state index is 12.7. The number of pyridine rings is 1. The van der Waals surface area contributed by atoms with Crippen molar-refractivity contribution in [1.82, 2.24) is 30.0 Å². The van der Waals surface area contributed by atoms with Gasteiger partial charge in [0.15, 0.2) is 0 Å². The Bertz CT molecular complexity index is 1260. The molecule has 1 amide bonds. The predicted molar refractivity (Wildman–Crippen MR) is 123 cm³/mol. The second-order valence-corrected chi connectivity index (χ2v) is 7.22. The maximum absolute atomic E-state index is 12.7. The molecule has 0 bridgehead atoms.